The van der Waals surface area contributed by atoms with Crippen LogP contribution in [0.2, 0.25) is 0 Å². The second-order valence-electron chi connectivity index (χ2n) is 4.14. The zero-order valence-corrected chi connectivity index (χ0v) is 11.2. The zero-order chi connectivity index (χ0) is 13.2. The van der Waals surface area contributed by atoms with E-state index in [-0.39, 0.29) is 12.2 Å². The van der Waals surface area contributed by atoms with Crippen LogP contribution in [-0.4, -0.2) is 26.4 Å². The quantitative estimate of drug-likeness (QED) is 0.649. The number of rotatable bonds is 5. The Kier molecular flexibility index (Phi) is 3.56. The SMILES string of the molecule is COP(=O)(C[C@@H]1N[C@]1(C#N)c1ccccc1)OC. The molecular formula is C12H15N2O3P. The van der Waals surface area contributed by atoms with Crippen molar-refractivity contribution in [2.45, 2.75) is 11.6 Å². The lowest BCUT2D eigenvalue weighted by Crippen LogP contribution is -2.14. The Hall–Kier alpha value is -1.18. The van der Waals surface area contributed by atoms with Crippen LogP contribution in [0.5, 0.6) is 0 Å². The molecule has 0 saturated carbocycles. The van der Waals surface area contributed by atoms with E-state index in [0.29, 0.717) is 0 Å². The molecule has 2 atom stereocenters. The molecule has 1 aliphatic rings. The minimum absolute atomic E-state index is 0.183. The maximum absolute atomic E-state index is 12.0. The number of hydrogen-bond donors (Lipinski definition) is 1. The molecule has 0 unspecified atom stereocenters. The Balaban J connectivity index is 2.17. The standard InChI is InChI=1S/C12H15N2O3P/c1-16-18(15,17-2)8-11-12(9-13,14-11)10-6-4-3-5-7-10/h3-7,11,14H,8H2,1-2H3/t11-,12+/m0/s1. The van der Waals surface area contributed by atoms with Crippen LogP contribution in [0.3, 0.4) is 0 Å². The molecule has 96 valence electrons. The average Bonchev–Trinajstić information content (AvgIpc) is 3.14. The second kappa shape index (κ2) is 4.83. The largest absolute Gasteiger partial charge is 0.331 e. The van der Waals surface area contributed by atoms with Gasteiger partial charge in [-0.1, -0.05) is 30.3 Å². The predicted octanol–water partition coefficient (Wildman–Crippen LogP) is 1.86. The molecule has 0 aliphatic carbocycles. The van der Waals surface area contributed by atoms with E-state index in [1.165, 1.54) is 14.2 Å². The molecular weight excluding hydrogens is 251 g/mol. The van der Waals surface area contributed by atoms with Crippen molar-refractivity contribution >= 4 is 7.60 Å². The molecule has 0 spiro atoms. The third kappa shape index (κ3) is 2.21. The smallest absolute Gasteiger partial charge is 0.312 e. The van der Waals surface area contributed by atoms with Crippen molar-refractivity contribution in [1.29, 1.82) is 5.26 Å². The van der Waals surface area contributed by atoms with Crippen LogP contribution in [-0.2, 0) is 19.2 Å². The fourth-order valence-electron chi connectivity index (χ4n) is 2.02. The average molecular weight is 266 g/mol. The van der Waals surface area contributed by atoms with Crippen LogP contribution >= 0.6 is 7.60 Å². The van der Waals surface area contributed by atoms with Gasteiger partial charge in [0.15, 0.2) is 0 Å². The molecule has 0 amide bonds. The van der Waals surface area contributed by atoms with Gasteiger partial charge in [0.2, 0.25) is 0 Å². The molecule has 1 aromatic rings. The minimum Gasteiger partial charge on any atom is -0.312 e. The van der Waals surface area contributed by atoms with Crippen LogP contribution in [0.25, 0.3) is 0 Å². The lowest BCUT2D eigenvalue weighted by atomic mass is 9.97. The van der Waals surface area contributed by atoms with Gasteiger partial charge in [0.05, 0.1) is 18.3 Å². The van der Waals surface area contributed by atoms with Crippen LogP contribution < -0.4 is 5.32 Å². The Bertz CT molecular complexity index is 506. The molecule has 0 radical (unpaired) electrons. The maximum atomic E-state index is 12.0. The lowest BCUT2D eigenvalue weighted by molar-refractivity contribution is 0.275. The monoisotopic (exact) mass is 266 g/mol. The van der Waals surface area contributed by atoms with Gasteiger partial charge in [-0.05, 0) is 5.56 Å². The van der Waals surface area contributed by atoms with E-state index in [2.05, 4.69) is 11.4 Å². The Labute approximate surface area is 106 Å². The highest BCUT2D eigenvalue weighted by atomic mass is 31.2. The van der Waals surface area contributed by atoms with Gasteiger partial charge < -0.3 is 9.05 Å². The van der Waals surface area contributed by atoms with Crippen LogP contribution in [0.4, 0.5) is 0 Å². The minimum atomic E-state index is -3.10. The molecule has 6 heteroatoms. The second-order valence-corrected chi connectivity index (χ2v) is 6.46. The molecule has 1 aromatic carbocycles. The summed E-state index contributed by atoms with van der Waals surface area (Å²) in [5.41, 5.74) is 0.102. The van der Waals surface area contributed by atoms with Gasteiger partial charge in [-0.25, -0.2) is 0 Å². The summed E-state index contributed by atoms with van der Waals surface area (Å²) in [5.74, 6) is 0. The van der Waals surface area contributed by atoms with E-state index in [9.17, 15) is 9.83 Å². The van der Waals surface area contributed by atoms with Crippen molar-refractivity contribution in [2.75, 3.05) is 20.4 Å². The van der Waals surface area contributed by atoms with E-state index in [1.807, 2.05) is 30.3 Å². The van der Waals surface area contributed by atoms with Crippen molar-refractivity contribution in [3.8, 4) is 6.07 Å². The summed E-state index contributed by atoms with van der Waals surface area (Å²) in [6, 6.07) is 11.4. The summed E-state index contributed by atoms with van der Waals surface area (Å²) < 4.78 is 21.8. The first kappa shape index (κ1) is 13.3. The highest BCUT2D eigenvalue weighted by molar-refractivity contribution is 7.53. The maximum Gasteiger partial charge on any atom is 0.331 e. The molecule has 2 rings (SSSR count). The normalized spacial score (nSPS) is 26.6. The molecule has 1 aliphatic heterocycles. The van der Waals surface area contributed by atoms with Crippen LogP contribution in [0, 0.1) is 11.3 Å². The molecule has 1 saturated heterocycles. The fraction of sp³-hybridized carbons (Fsp3) is 0.417. The van der Waals surface area contributed by atoms with Gasteiger partial charge in [-0.3, -0.25) is 9.88 Å². The summed E-state index contributed by atoms with van der Waals surface area (Å²) in [7, 11) is -0.401. The van der Waals surface area contributed by atoms with Crippen LogP contribution in [0.15, 0.2) is 30.3 Å². The van der Waals surface area contributed by atoms with E-state index in [0.717, 1.165) is 5.56 Å². The van der Waals surface area contributed by atoms with Gasteiger partial charge in [0.25, 0.3) is 0 Å². The number of benzene rings is 1. The summed E-state index contributed by atoms with van der Waals surface area (Å²) in [5, 5.41) is 12.4. The Morgan fingerprint density at radius 1 is 1.39 bits per heavy atom. The molecule has 0 bridgehead atoms. The summed E-state index contributed by atoms with van der Waals surface area (Å²) >= 11 is 0. The van der Waals surface area contributed by atoms with Crippen LogP contribution in [0.1, 0.15) is 5.56 Å². The van der Waals surface area contributed by atoms with Gasteiger partial charge in [0, 0.05) is 14.2 Å². The number of nitrogens with one attached hydrogen (secondary N) is 1. The number of hydrogen-bond acceptors (Lipinski definition) is 5. The third-order valence-electron chi connectivity index (χ3n) is 3.21. The van der Waals surface area contributed by atoms with E-state index in [1.54, 1.807) is 0 Å². The molecule has 1 N–H and O–H groups in total. The molecule has 18 heavy (non-hydrogen) atoms. The molecule has 0 aromatic heterocycles. The molecule has 1 fully saturated rings. The van der Waals surface area contributed by atoms with Crippen molar-refractivity contribution in [2.24, 2.45) is 0 Å². The Morgan fingerprint density at radius 2 is 2.00 bits per heavy atom. The van der Waals surface area contributed by atoms with Crippen molar-refractivity contribution in [3.05, 3.63) is 35.9 Å². The molecule has 5 nitrogen and oxygen atoms in total. The topological polar surface area (TPSA) is 81.3 Å². The first-order valence-corrected chi connectivity index (χ1v) is 7.28. The third-order valence-corrected chi connectivity index (χ3v) is 5.13. The summed E-state index contributed by atoms with van der Waals surface area (Å²) in [6.45, 7) is 0. The number of nitrogens with zero attached hydrogens (tertiary/aromatic N) is 1. The zero-order valence-electron chi connectivity index (χ0n) is 10.3. The van der Waals surface area contributed by atoms with Gasteiger partial charge in [0.1, 0.15) is 5.54 Å². The highest BCUT2D eigenvalue weighted by Crippen LogP contribution is 2.52. The molecule has 1 heterocycles. The van der Waals surface area contributed by atoms with Crippen molar-refractivity contribution < 1.29 is 13.6 Å². The fourth-order valence-corrected chi connectivity index (χ4v) is 3.28. The first-order valence-electron chi connectivity index (χ1n) is 5.55. The van der Waals surface area contributed by atoms with E-state index < -0.39 is 13.1 Å². The van der Waals surface area contributed by atoms with Gasteiger partial charge >= 0.3 is 7.60 Å². The summed E-state index contributed by atoms with van der Waals surface area (Å²) in [4.78, 5) is 0. The predicted molar refractivity (Wildman–Crippen MR) is 67.1 cm³/mol. The van der Waals surface area contributed by atoms with Gasteiger partial charge in [-0.2, -0.15) is 5.26 Å². The first-order chi connectivity index (χ1) is 8.60. The lowest BCUT2D eigenvalue weighted by Gasteiger charge is -2.13. The summed E-state index contributed by atoms with van der Waals surface area (Å²) in [6.07, 6.45) is 0.183. The van der Waals surface area contributed by atoms with Crippen molar-refractivity contribution in [1.82, 2.24) is 5.32 Å². The van der Waals surface area contributed by atoms with E-state index in [4.69, 9.17) is 9.05 Å². The van der Waals surface area contributed by atoms with E-state index >= 15 is 0 Å². The highest BCUT2D eigenvalue weighted by Gasteiger charge is 2.58. The Morgan fingerprint density at radius 3 is 2.50 bits per heavy atom. The van der Waals surface area contributed by atoms with Gasteiger partial charge in [-0.15, -0.1) is 0 Å². The van der Waals surface area contributed by atoms with Crippen molar-refractivity contribution in [3.63, 3.8) is 0 Å². The number of nitriles is 1.